The third kappa shape index (κ3) is 5.65. The van der Waals surface area contributed by atoms with Crippen molar-refractivity contribution in [1.82, 2.24) is 5.32 Å². The molecule has 1 aliphatic rings. The van der Waals surface area contributed by atoms with Gasteiger partial charge in [-0.05, 0) is 44.5 Å². The van der Waals surface area contributed by atoms with Crippen molar-refractivity contribution in [2.24, 2.45) is 5.41 Å². The number of anilines is 1. The molecule has 6 heteroatoms. The average molecular weight is 357 g/mol. The van der Waals surface area contributed by atoms with Gasteiger partial charge in [0.15, 0.2) is 0 Å². The van der Waals surface area contributed by atoms with E-state index in [0.29, 0.717) is 13.2 Å². The molecule has 1 fully saturated rings. The van der Waals surface area contributed by atoms with Crippen LogP contribution in [0.4, 0.5) is 5.69 Å². The molecule has 0 spiro atoms. The highest BCUT2D eigenvalue weighted by atomic mass is 35.5. The number of hydrogen-bond acceptors (Lipinski definition) is 4. The Labute approximate surface area is 150 Å². The van der Waals surface area contributed by atoms with Crippen LogP contribution in [0, 0.1) is 5.41 Å². The summed E-state index contributed by atoms with van der Waals surface area (Å²) in [5.74, 6) is 0.828. The number of ether oxygens (including phenoxy) is 2. The molecule has 136 valence electrons. The maximum Gasteiger partial charge on any atom is 0.233 e. The number of carbonyl (C=O) groups is 1. The van der Waals surface area contributed by atoms with Crippen molar-refractivity contribution >= 4 is 24.0 Å². The molecular formula is C18H29ClN2O3. The van der Waals surface area contributed by atoms with Crippen LogP contribution in [0.25, 0.3) is 0 Å². The summed E-state index contributed by atoms with van der Waals surface area (Å²) in [5, 5.41) is 6.34. The summed E-state index contributed by atoms with van der Waals surface area (Å²) < 4.78 is 11.0. The number of rotatable bonds is 8. The number of hydrogen-bond donors (Lipinski definition) is 2. The van der Waals surface area contributed by atoms with Gasteiger partial charge in [0.05, 0.1) is 18.6 Å². The molecule has 24 heavy (non-hydrogen) atoms. The van der Waals surface area contributed by atoms with E-state index in [0.717, 1.165) is 50.2 Å². The van der Waals surface area contributed by atoms with Crippen LogP contribution in [-0.2, 0) is 9.53 Å². The molecule has 0 bridgehead atoms. The molecule has 0 atom stereocenters. The number of benzene rings is 1. The molecule has 1 heterocycles. The summed E-state index contributed by atoms with van der Waals surface area (Å²) in [5.41, 5.74) is 0.331. The summed E-state index contributed by atoms with van der Waals surface area (Å²) in [7, 11) is 1.65. The first kappa shape index (κ1) is 20.7. The number of piperidine rings is 1. The van der Waals surface area contributed by atoms with Gasteiger partial charge in [-0.3, -0.25) is 4.79 Å². The van der Waals surface area contributed by atoms with Crippen molar-refractivity contribution in [2.75, 3.05) is 38.7 Å². The first-order valence-corrected chi connectivity index (χ1v) is 8.44. The Kier molecular flexibility index (Phi) is 9.11. The highest BCUT2D eigenvalue weighted by Gasteiger charge is 2.39. The molecule has 1 aliphatic heterocycles. The number of carbonyl (C=O) groups excluding carboxylic acids is 1. The fourth-order valence-corrected chi connectivity index (χ4v) is 2.88. The predicted octanol–water partition coefficient (Wildman–Crippen LogP) is 3.24. The van der Waals surface area contributed by atoms with E-state index in [1.165, 1.54) is 0 Å². The van der Waals surface area contributed by atoms with Crippen LogP contribution >= 0.6 is 12.4 Å². The van der Waals surface area contributed by atoms with E-state index < -0.39 is 5.41 Å². The van der Waals surface area contributed by atoms with Crippen LogP contribution in [-0.4, -0.2) is 39.3 Å². The lowest BCUT2D eigenvalue weighted by molar-refractivity contribution is -0.130. The second kappa shape index (κ2) is 10.5. The number of methoxy groups -OCH3 is 1. The van der Waals surface area contributed by atoms with Crippen LogP contribution in [0.5, 0.6) is 5.75 Å². The van der Waals surface area contributed by atoms with Crippen LogP contribution < -0.4 is 15.4 Å². The molecule has 2 rings (SSSR count). The summed E-state index contributed by atoms with van der Waals surface area (Å²) in [6.07, 6.45) is 3.71. The largest absolute Gasteiger partial charge is 0.494 e. The molecule has 0 radical (unpaired) electrons. The smallest absolute Gasteiger partial charge is 0.233 e. The molecule has 2 N–H and O–H groups in total. The highest BCUT2D eigenvalue weighted by molar-refractivity contribution is 5.95. The monoisotopic (exact) mass is 356 g/mol. The lowest BCUT2D eigenvalue weighted by Gasteiger charge is -2.35. The van der Waals surface area contributed by atoms with Gasteiger partial charge in [0, 0.05) is 18.9 Å². The summed E-state index contributed by atoms with van der Waals surface area (Å²) in [4.78, 5) is 12.8. The van der Waals surface area contributed by atoms with Gasteiger partial charge in [-0.2, -0.15) is 0 Å². The van der Waals surface area contributed by atoms with Gasteiger partial charge in [-0.1, -0.05) is 19.4 Å². The van der Waals surface area contributed by atoms with Gasteiger partial charge in [0.25, 0.3) is 0 Å². The van der Waals surface area contributed by atoms with Gasteiger partial charge in [0.2, 0.25) is 5.91 Å². The number of nitrogens with one attached hydrogen (secondary N) is 2. The van der Waals surface area contributed by atoms with Crippen molar-refractivity contribution < 1.29 is 14.3 Å². The Morgan fingerprint density at radius 2 is 2.08 bits per heavy atom. The van der Waals surface area contributed by atoms with Crippen molar-refractivity contribution in [3.05, 3.63) is 24.3 Å². The zero-order valence-electron chi connectivity index (χ0n) is 14.6. The zero-order valence-corrected chi connectivity index (χ0v) is 15.4. The Morgan fingerprint density at radius 1 is 1.33 bits per heavy atom. The number of unbranched alkanes of at least 4 members (excludes halogenated alkanes) is 1. The fraction of sp³-hybridized carbons (Fsp3) is 0.611. The van der Waals surface area contributed by atoms with Gasteiger partial charge in [0.1, 0.15) is 5.75 Å². The Bertz CT molecular complexity index is 499. The molecule has 0 aliphatic carbocycles. The molecule has 1 aromatic carbocycles. The van der Waals surface area contributed by atoms with Gasteiger partial charge < -0.3 is 20.1 Å². The third-order valence-electron chi connectivity index (χ3n) is 4.32. The minimum atomic E-state index is -0.445. The maximum atomic E-state index is 12.8. The summed E-state index contributed by atoms with van der Waals surface area (Å²) in [6.45, 7) is 4.97. The molecule has 5 nitrogen and oxygen atoms in total. The molecular weight excluding hydrogens is 328 g/mol. The molecule has 0 aromatic heterocycles. The molecule has 0 saturated carbocycles. The first-order valence-electron chi connectivity index (χ1n) is 8.44. The fourth-order valence-electron chi connectivity index (χ4n) is 2.88. The number of amides is 1. The second-order valence-electron chi connectivity index (χ2n) is 6.15. The van der Waals surface area contributed by atoms with Gasteiger partial charge in [-0.15, -0.1) is 12.4 Å². The standard InChI is InChI=1S/C18H28N2O3.ClH/c1-3-4-12-23-16-7-5-6-15(13-16)20-17(21)18(14-22-2)8-10-19-11-9-18;/h5-7,13,19H,3-4,8-12,14H2,1-2H3,(H,20,21);1H. The van der Waals surface area contributed by atoms with Crippen LogP contribution in [0.2, 0.25) is 0 Å². The Hall–Kier alpha value is -1.30. The van der Waals surface area contributed by atoms with E-state index in [2.05, 4.69) is 17.6 Å². The quantitative estimate of drug-likeness (QED) is 0.702. The molecule has 1 amide bonds. The van der Waals surface area contributed by atoms with Crippen molar-refractivity contribution in [2.45, 2.75) is 32.6 Å². The molecule has 1 saturated heterocycles. The second-order valence-corrected chi connectivity index (χ2v) is 6.15. The van der Waals surface area contributed by atoms with E-state index in [1.54, 1.807) is 7.11 Å². The number of halogens is 1. The van der Waals surface area contributed by atoms with Crippen LogP contribution in [0.15, 0.2) is 24.3 Å². The Balaban J connectivity index is 0.00000288. The van der Waals surface area contributed by atoms with Crippen LogP contribution in [0.3, 0.4) is 0 Å². The van der Waals surface area contributed by atoms with E-state index in [-0.39, 0.29) is 18.3 Å². The molecule has 0 unspecified atom stereocenters. The zero-order chi connectivity index (χ0) is 16.5. The topological polar surface area (TPSA) is 59.6 Å². The van der Waals surface area contributed by atoms with Gasteiger partial charge >= 0.3 is 0 Å². The Morgan fingerprint density at radius 3 is 2.75 bits per heavy atom. The van der Waals surface area contributed by atoms with Crippen molar-refractivity contribution in [3.8, 4) is 5.75 Å². The maximum absolute atomic E-state index is 12.8. The molecule has 1 aromatic rings. The van der Waals surface area contributed by atoms with Gasteiger partial charge in [-0.25, -0.2) is 0 Å². The average Bonchev–Trinajstić information content (AvgIpc) is 2.56. The van der Waals surface area contributed by atoms with E-state index >= 15 is 0 Å². The highest BCUT2D eigenvalue weighted by Crippen LogP contribution is 2.31. The van der Waals surface area contributed by atoms with E-state index in [4.69, 9.17) is 9.47 Å². The third-order valence-corrected chi connectivity index (χ3v) is 4.32. The lowest BCUT2D eigenvalue weighted by atomic mass is 9.78. The van der Waals surface area contributed by atoms with Crippen molar-refractivity contribution in [3.63, 3.8) is 0 Å². The summed E-state index contributed by atoms with van der Waals surface area (Å²) in [6, 6.07) is 7.60. The normalized spacial score (nSPS) is 16.1. The SMILES string of the molecule is CCCCOc1cccc(NC(=O)C2(COC)CCNCC2)c1.Cl. The minimum Gasteiger partial charge on any atom is -0.494 e. The predicted molar refractivity (Wildman–Crippen MR) is 99.1 cm³/mol. The van der Waals surface area contributed by atoms with Crippen molar-refractivity contribution in [1.29, 1.82) is 0 Å². The lowest BCUT2D eigenvalue weighted by Crippen LogP contribution is -2.47. The summed E-state index contributed by atoms with van der Waals surface area (Å²) >= 11 is 0. The minimum absolute atomic E-state index is 0. The first-order chi connectivity index (χ1) is 11.2. The van der Waals surface area contributed by atoms with Crippen LogP contribution in [0.1, 0.15) is 32.6 Å². The van der Waals surface area contributed by atoms with E-state index in [1.807, 2.05) is 24.3 Å². The van der Waals surface area contributed by atoms with E-state index in [9.17, 15) is 4.79 Å².